The van der Waals surface area contributed by atoms with E-state index < -0.39 is 7.82 Å². The minimum atomic E-state index is -4.13. The molecule has 0 N–H and O–H groups in total. The van der Waals surface area contributed by atoms with Crippen LogP contribution >= 0.6 is 7.82 Å². The lowest BCUT2D eigenvalue weighted by Crippen LogP contribution is -2.35. The van der Waals surface area contributed by atoms with Crippen LogP contribution in [0.1, 0.15) is 129 Å². The lowest BCUT2D eigenvalue weighted by molar-refractivity contribution is -0.870. The molecule has 0 radical (unpaired) electrons. The highest BCUT2D eigenvalue weighted by molar-refractivity contribution is 7.45. The molecule has 0 amide bonds. The summed E-state index contributed by atoms with van der Waals surface area (Å²) in [6.07, 6.45) is 28.5. The number of phosphoric acid groups is 1. The molecule has 0 aliphatic heterocycles. The number of rotatable bonds is 26. The molecule has 0 aliphatic rings. The molecule has 0 saturated carbocycles. The van der Waals surface area contributed by atoms with E-state index in [0.29, 0.717) is 6.42 Å². The third-order valence-corrected chi connectivity index (χ3v) is 7.13. The van der Waals surface area contributed by atoms with Gasteiger partial charge in [-0.1, -0.05) is 103 Å². The molecule has 0 fully saturated rings. The molecule has 1 unspecified atom stereocenters. The average Bonchev–Trinajstić information content (AvgIpc) is 2.77. The quantitative estimate of drug-likeness (QED) is 0.0517. The predicted octanol–water partition coefficient (Wildman–Crippen LogP) is 8.18. The van der Waals surface area contributed by atoms with Gasteiger partial charge in [-0.05, 0) is 32.1 Å². The molecule has 6 heteroatoms. The average molecular weight is 504 g/mol. The summed E-state index contributed by atoms with van der Waals surface area (Å²) in [6, 6.07) is 0. The van der Waals surface area contributed by atoms with Crippen LogP contribution in [0.5, 0.6) is 0 Å². The van der Waals surface area contributed by atoms with Crippen LogP contribution in [-0.2, 0) is 13.6 Å². The van der Waals surface area contributed by atoms with Crippen LogP contribution in [0.15, 0.2) is 12.2 Å². The van der Waals surface area contributed by atoms with Gasteiger partial charge in [-0.25, -0.2) is 0 Å². The number of nitrogens with zero attached hydrogens (tertiary/aromatic N) is 1. The van der Waals surface area contributed by atoms with E-state index >= 15 is 0 Å². The van der Waals surface area contributed by atoms with Gasteiger partial charge in [-0.3, -0.25) is 4.57 Å². The van der Waals surface area contributed by atoms with Crippen molar-refractivity contribution in [1.29, 1.82) is 0 Å². The summed E-state index contributed by atoms with van der Waals surface area (Å²) in [5.74, 6) is 0. The summed E-state index contributed by atoms with van der Waals surface area (Å²) in [4.78, 5) is 11.7. The van der Waals surface area contributed by atoms with E-state index in [4.69, 9.17) is 9.05 Å². The van der Waals surface area contributed by atoms with Gasteiger partial charge in [0, 0.05) is 6.42 Å². The number of hydrogen-bond acceptors (Lipinski definition) is 4. The Balaban J connectivity index is 3.30. The van der Waals surface area contributed by atoms with Gasteiger partial charge < -0.3 is 18.4 Å². The number of phosphoric ester groups is 1. The van der Waals surface area contributed by atoms with Crippen LogP contribution in [0.4, 0.5) is 0 Å². The molecule has 0 aromatic rings. The van der Waals surface area contributed by atoms with E-state index in [2.05, 4.69) is 40.2 Å². The van der Waals surface area contributed by atoms with E-state index in [1.807, 2.05) is 0 Å². The molecule has 0 heterocycles. The monoisotopic (exact) mass is 503 g/mol. The Kier molecular flexibility index (Phi) is 23.1. The fourth-order valence-electron chi connectivity index (χ4n) is 3.99. The van der Waals surface area contributed by atoms with Crippen LogP contribution in [0.25, 0.3) is 0 Å². The fraction of sp³-hybridized carbons (Fsp3) is 0.929. The first-order chi connectivity index (χ1) is 16.3. The SMILES string of the molecule is CCCCCCCC/C=C\CCCCCCCCCCCCOP(=O)([O-])OCCC[N+](C)(C)C. The van der Waals surface area contributed by atoms with Crippen LogP contribution in [-0.4, -0.2) is 45.4 Å². The van der Waals surface area contributed by atoms with Crippen molar-refractivity contribution in [3.8, 4) is 0 Å². The van der Waals surface area contributed by atoms with Gasteiger partial charge in [0.15, 0.2) is 0 Å². The Hall–Kier alpha value is -0.190. The maximum Gasteiger partial charge on any atom is 0.267 e. The first-order valence-electron chi connectivity index (χ1n) is 14.3. The zero-order valence-electron chi connectivity index (χ0n) is 23.2. The number of hydrogen-bond donors (Lipinski definition) is 0. The summed E-state index contributed by atoms with van der Waals surface area (Å²) in [5.41, 5.74) is 0. The number of quaternary nitrogens is 1. The highest BCUT2D eigenvalue weighted by atomic mass is 31.2. The summed E-state index contributed by atoms with van der Waals surface area (Å²) in [7, 11) is 2.09. The second kappa shape index (κ2) is 23.2. The maximum atomic E-state index is 11.7. The summed E-state index contributed by atoms with van der Waals surface area (Å²) in [6.45, 7) is 3.58. The molecular formula is C28H58NO4P. The zero-order chi connectivity index (χ0) is 25.4. The predicted molar refractivity (Wildman–Crippen MR) is 145 cm³/mol. The first-order valence-corrected chi connectivity index (χ1v) is 15.8. The summed E-state index contributed by atoms with van der Waals surface area (Å²) < 4.78 is 22.4. The fourth-order valence-corrected chi connectivity index (χ4v) is 4.77. The number of allylic oxidation sites excluding steroid dienone is 2. The van der Waals surface area contributed by atoms with Crippen molar-refractivity contribution in [1.82, 2.24) is 0 Å². The highest BCUT2D eigenvalue weighted by Crippen LogP contribution is 2.38. The van der Waals surface area contributed by atoms with Crippen molar-refractivity contribution < 1.29 is 23.0 Å². The van der Waals surface area contributed by atoms with Gasteiger partial charge in [0.05, 0.1) is 40.9 Å². The molecule has 0 aliphatic carbocycles. The molecule has 204 valence electrons. The summed E-state index contributed by atoms with van der Waals surface area (Å²) >= 11 is 0. The van der Waals surface area contributed by atoms with Crippen molar-refractivity contribution >= 4 is 7.82 Å². The first kappa shape index (κ1) is 33.8. The van der Waals surface area contributed by atoms with Crippen LogP contribution in [0, 0.1) is 0 Å². The molecule has 0 saturated heterocycles. The van der Waals surface area contributed by atoms with Crippen molar-refractivity contribution in [3.05, 3.63) is 12.2 Å². The largest absolute Gasteiger partial charge is 0.756 e. The topological polar surface area (TPSA) is 58.6 Å². The molecule has 0 spiro atoms. The smallest absolute Gasteiger partial charge is 0.267 e. The van der Waals surface area contributed by atoms with Crippen molar-refractivity contribution in [2.45, 2.75) is 129 Å². The van der Waals surface area contributed by atoms with Crippen molar-refractivity contribution in [2.75, 3.05) is 40.9 Å². The lowest BCUT2D eigenvalue weighted by Gasteiger charge is -2.26. The van der Waals surface area contributed by atoms with Gasteiger partial charge in [-0.2, -0.15) is 0 Å². The Morgan fingerprint density at radius 3 is 1.44 bits per heavy atom. The zero-order valence-corrected chi connectivity index (χ0v) is 24.1. The van der Waals surface area contributed by atoms with Crippen LogP contribution in [0.3, 0.4) is 0 Å². The third-order valence-electron chi connectivity index (χ3n) is 6.13. The third kappa shape index (κ3) is 28.1. The molecule has 0 rings (SSSR count). The van der Waals surface area contributed by atoms with E-state index in [0.717, 1.165) is 30.3 Å². The molecule has 0 aromatic heterocycles. The Morgan fingerprint density at radius 1 is 0.618 bits per heavy atom. The molecular weight excluding hydrogens is 445 g/mol. The van der Waals surface area contributed by atoms with E-state index in [1.165, 1.54) is 96.3 Å². The molecule has 5 nitrogen and oxygen atoms in total. The maximum absolute atomic E-state index is 11.7. The minimum Gasteiger partial charge on any atom is -0.756 e. The highest BCUT2D eigenvalue weighted by Gasteiger charge is 2.11. The Morgan fingerprint density at radius 2 is 1.00 bits per heavy atom. The van der Waals surface area contributed by atoms with Crippen LogP contribution in [0.2, 0.25) is 0 Å². The number of unbranched alkanes of at least 4 members (excludes halogenated alkanes) is 16. The van der Waals surface area contributed by atoms with Crippen molar-refractivity contribution in [3.63, 3.8) is 0 Å². The molecule has 1 atom stereocenters. The van der Waals surface area contributed by atoms with E-state index in [9.17, 15) is 9.46 Å². The van der Waals surface area contributed by atoms with Gasteiger partial charge in [-0.15, -0.1) is 0 Å². The van der Waals surface area contributed by atoms with Gasteiger partial charge in [0.25, 0.3) is 7.82 Å². The summed E-state index contributed by atoms with van der Waals surface area (Å²) in [5, 5.41) is 0. The van der Waals surface area contributed by atoms with E-state index in [1.54, 1.807) is 0 Å². The second-order valence-corrected chi connectivity index (χ2v) is 12.2. The molecule has 34 heavy (non-hydrogen) atoms. The van der Waals surface area contributed by atoms with Gasteiger partial charge in [0.1, 0.15) is 0 Å². The van der Waals surface area contributed by atoms with E-state index in [-0.39, 0.29) is 13.2 Å². The van der Waals surface area contributed by atoms with Crippen molar-refractivity contribution in [2.24, 2.45) is 0 Å². The normalized spacial score (nSPS) is 14.1. The second-order valence-electron chi connectivity index (χ2n) is 10.8. The van der Waals surface area contributed by atoms with Crippen LogP contribution < -0.4 is 4.89 Å². The lowest BCUT2D eigenvalue weighted by atomic mass is 10.1. The Labute approximate surface area is 212 Å². The van der Waals surface area contributed by atoms with Gasteiger partial charge in [0.2, 0.25) is 0 Å². The Bertz CT molecular complexity index is 505. The standard InChI is InChI=1S/C28H58NO4P/c1-5-6-7-8-9-10-11-12-13-14-15-16-17-18-19-20-21-22-23-24-27-32-34(30,31)33-28-25-26-29(2,3)4/h12-13H,5-11,14-28H2,1-4H3/b13-12-. The minimum absolute atomic E-state index is 0.201. The molecule has 0 bridgehead atoms. The van der Waals surface area contributed by atoms with Gasteiger partial charge >= 0.3 is 0 Å². The molecule has 0 aromatic carbocycles.